The Morgan fingerprint density at radius 1 is 0.950 bits per heavy atom. The van der Waals surface area contributed by atoms with Crippen molar-refractivity contribution in [2.24, 2.45) is 0 Å². The summed E-state index contributed by atoms with van der Waals surface area (Å²) in [6.45, 7) is 3.30. The number of aryl methyl sites for hydroxylation is 1. The molecule has 4 rings (SSSR count). The number of hydrogen-bond donors (Lipinski definition) is 1. The van der Waals surface area contributed by atoms with Crippen LogP contribution in [0.1, 0.15) is 5.56 Å². The van der Waals surface area contributed by atoms with Crippen LogP contribution in [0.4, 0.5) is 11.4 Å². The highest BCUT2D eigenvalue weighted by Crippen LogP contribution is 2.31. The zero-order valence-electron chi connectivity index (χ0n) is 22.4. The summed E-state index contributed by atoms with van der Waals surface area (Å²) >= 11 is 6.01. The molecule has 3 aromatic rings. The van der Waals surface area contributed by atoms with E-state index in [1.54, 1.807) is 19.1 Å². The molecule has 0 unspecified atom stereocenters. The average molecular weight is 607 g/mol. The average Bonchev–Trinajstić information content (AvgIpc) is 2.93. The van der Waals surface area contributed by atoms with Gasteiger partial charge in [-0.1, -0.05) is 17.7 Å². The van der Waals surface area contributed by atoms with Crippen LogP contribution in [0, 0.1) is 6.92 Å². The van der Waals surface area contributed by atoms with Crippen molar-refractivity contribution in [3.05, 3.63) is 77.3 Å². The number of methoxy groups -OCH3 is 1. The molecule has 1 saturated heterocycles. The number of benzene rings is 3. The summed E-state index contributed by atoms with van der Waals surface area (Å²) in [6, 6.07) is 16.6. The van der Waals surface area contributed by atoms with Gasteiger partial charge in [-0.05, 0) is 80.2 Å². The van der Waals surface area contributed by atoms with E-state index in [0.717, 1.165) is 4.31 Å². The number of carbonyl (C=O) groups excluding carboxylic acids is 1. The van der Waals surface area contributed by atoms with Crippen molar-refractivity contribution in [3.63, 3.8) is 0 Å². The Bertz CT molecular complexity index is 1570. The number of ether oxygens (including phenoxy) is 1. The predicted molar refractivity (Wildman–Crippen MR) is 155 cm³/mol. The molecule has 13 heteroatoms. The largest absolute Gasteiger partial charge is 0.495 e. The molecule has 40 heavy (non-hydrogen) atoms. The van der Waals surface area contributed by atoms with Crippen LogP contribution in [0.25, 0.3) is 0 Å². The molecule has 0 atom stereocenters. The third kappa shape index (κ3) is 6.58. The second-order valence-corrected chi connectivity index (χ2v) is 13.6. The number of piperazine rings is 1. The van der Waals surface area contributed by atoms with Crippen molar-refractivity contribution in [2.75, 3.05) is 56.5 Å². The number of hydrogen-bond acceptors (Lipinski definition) is 7. The van der Waals surface area contributed by atoms with Crippen LogP contribution in [0.3, 0.4) is 0 Å². The van der Waals surface area contributed by atoms with Crippen molar-refractivity contribution in [2.45, 2.75) is 16.7 Å². The fourth-order valence-electron chi connectivity index (χ4n) is 4.25. The molecule has 1 amide bonds. The van der Waals surface area contributed by atoms with E-state index in [0.29, 0.717) is 42.5 Å². The molecular weight excluding hydrogens is 576 g/mol. The monoisotopic (exact) mass is 606 g/mol. The van der Waals surface area contributed by atoms with Gasteiger partial charge in [0.05, 0.1) is 17.7 Å². The first-order chi connectivity index (χ1) is 18.9. The third-order valence-corrected chi connectivity index (χ3v) is 10.5. The fourth-order valence-corrected chi connectivity index (χ4v) is 7.46. The van der Waals surface area contributed by atoms with Gasteiger partial charge in [-0.15, -0.1) is 0 Å². The van der Waals surface area contributed by atoms with Crippen LogP contribution in [-0.2, 0) is 24.8 Å². The Morgan fingerprint density at radius 2 is 1.57 bits per heavy atom. The number of halogens is 1. The van der Waals surface area contributed by atoms with E-state index in [2.05, 4.69) is 10.2 Å². The van der Waals surface area contributed by atoms with Gasteiger partial charge < -0.3 is 15.0 Å². The molecule has 214 valence electrons. The Balaban J connectivity index is 1.57. The maximum absolute atomic E-state index is 13.8. The van der Waals surface area contributed by atoms with Gasteiger partial charge in [0, 0.05) is 36.9 Å². The summed E-state index contributed by atoms with van der Waals surface area (Å²) in [5, 5.41) is 3.07. The molecule has 1 aliphatic rings. The number of anilines is 2. The number of rotatable bonds is 9. The quantitative estimate of drug-likeness (QED) is 0.397. The maximum Gasteiger partial charge on any atom is 0.268 e. The van der Waals surface area contributed by atoms with Crippen molar-refractivity contribution in [1.82, 2.24) is 9.21 Å². The smallest absolute Gasteiger partial charge is 0.268 e. The second-order valence-electron chi connectivity index (χ2n) is 9.42. The minimum Gasteiger partial charge on any atom is -0.495 e. The fraction of sp³-hybridized carbons (Fsp3) is 0.296. The molecule has 0 aromatic heterocycles. The van der Waals surface area contributed by atoms with Gasteiger partial charge in [0.2, 0.25) is 15.9 Å². The van der Waals surface area contributed by atoms with Crippen molar-refractivity contribution >= 4 is 48.9 Å². The van der Waals surface area contributed by atoms with E-state index in [-0.39, 0.29) is 21.2 Å². The highest BCUT2D eigenvalue weighted by Gasteiger charge is 2.31. The molecule has 0 bridgehead atoms. The summed E-state index contributed by atoms with van der Waals surface area (Å²) in [5.41, 5.74) is 1.26. The molecule has 1 aliphatic heterocycles. The zero-order chi connectivity index (χ0) is 29.1. The molecule has 1 N–H and O–H groups in total. The topological polar surface area (TPSA) is 116 Å². The van der Waals surface area contributed by atoms with Gasteiger partial charge in [-0.3, -0.25) is 9.10 Å². The van der Waals surface area contributed by atoms with E-state index in [9.17, 15) is 21.6 Å². The maximum atomic E-state index is 13.8. The third-order valence-electron chi connectivity index (χ3n) is 6.53. The number of sulfonamides is 2. The van der Waals surface area contributed by atoms with Crippen molar-refractivity contribution in [3.8, 4) is 5.75 Å². The number of amides is 1. The van der Waals surface area contributed by atoms with Crippen LogP contribution in [0.2, 0.25) is 5.02 Å². The number of nitrogens with one attached hydrogen (secondary N) is 1. The van der Waals surface area contributed by atoms with E-state index < -0.39 is 32.5 Å². The summed E-state index contributed by atoms with van der Waals surface area (Å²) < 4.78 is 61.4. The normalized spacial score (nSPS) is 15.0. The lowest BCUT2D eigenvalue weighted by atomic mass is 10.2. The van der Waals surface area contributed by atoms with Gasteiger partial charge in [-0.2, -0.15) is 4.31 Å². The lowest BCUT2D eigenvalue weighted by molar-refractivity contribution is -0.114. The van der Waals surface area contributed by atoms with E-state index in [1.807, 2.05) is 7.05 Å². The van der Waals surface area contributed by atoms with Crippen LogP contribution in [-0.4, -0.2) is 78.8 Å². The summed E-state index contributed by atoms with van der Waals surface area (Å²) in [6.07, 6.45) is 0. The van der Waals surface area contributed by atoms with E-state index in [1.165, 1.54) is 66.0 Å². The molecule has 0 spiro atoms. The Morgan fingerprint density at radius 3 is 2.17 bits per heavy atom. The molecular formula is C27H31ClN4O6S2. The van der Waals surface area contributed by atoms with E-state index in [4.69, 9.17) is 16.3 Å². The number of carbonyl (C=O) groups is 1. The van der Waals surface area contributed by atoms with Crippen LogP contribution >= 0.6 is 11.6 Å². The zero-order valence-corrected chi connectivity index (χ0v) is 24.8. The molecule has 10 nitrogen and oxygen atoms in total. The first kappa shape index (κ1) is 29.8. The summed E-state index contributed by atoms with van der Waals surface area (Å²) in [4.78, 5) is 15.2. The molecule has 0 radical (unpaired) electrons. The standard InChI is InChI=1S/C27H31ClN4O6S2/c1-20-4-13-25(38-3)26(18-20)40(36,37)32(23-9-5-21(28)6-10-23)19-27(33)29-22-7-11-24(12-8-22)39(34,35)31-16-14-30(2)15-17-31/h4-13,18H,14-17,19H2,1-3H3,(H,29,33). The minimum absolute atomic E-state index is 0.0868. The van der Waals surface area contributed by atoms with Gasteiger partial charge >= 0.3 is 0 Å². The van der Waals surface area contributed by atoms with Gasteiger partial charge in [0.25, 0.3) is 10.0 Å². The Hall–Kier alpha value is -3.16. The molecule has 0 saturated carbocycles. The highest BCUT2D eigenvalue weighted by atomic mass is 35.5. The Labute approximate surface area is 240 Å². The van der Waals surface area contributed by atoms with Crippen LogP contribution < -0.4 is 14.4 Å². The Kier molecular flexibility index (Phi) is 9.06. The van der Waals surface area contributed by atoms with Crippen LogP contribution in [0.5, 0.6) is 5.75 Å². The highest BCUT2D eigenvalue weighted by molar-refractivity contribution is 7.93. The molecule has 0 aliphatic carbocycles. The molecule has 1 fully saturated rings. The van der Waals surface area contributed by atoms with E-state index >= 15 is 0 Å². The SMILES string of the molecule is COc1ccc(C)cc1S(=O)(=O)N(CC(=O)Nc1ccc(S(=O)(=O)N2CCN(C)CC2)cc1)c1ccc(Cl)cc1. The summed E-state index contributed by atoms with van der Waals surface area (Å²) in [5.74, 6) is -0.484. The van der Waals surface area contributed by atoms with Crippen molar-refractivity contribution < 1.29 is 26.4 Å². The first-order valence-electron chi connectivity index (χ1n) is 12.4. The van der Waals surface area contributed by atoms with Crippen LogP contribution in [0.15, 0.2) is 76.5 Å². The number of nitrogens with zero attached hydrogens (tertiary/aromatic N) is 3. The first-order valence-corrected chi connectivity index (χ1v) is 15.7. The lowest BCUT2D eigenvalue weighted by Gasteiger charge is -2.31. The minimum atomic E-state index is -4.25. The van der Waals surface area contributed by atoms with Crippen molar-refractivity contribution in [1.29, 1.82) is 0 Å². The van der Waals surface area contributed by atoms with Gasteiger partial charge in [0.15, 0.2) is 0 Å². The predicted octanol–water partition coefficient (Wildman–Crippen LogP) is 3.43. The summed E-state index contributed by atoms with van der Waals surface area (Å²) in [7, 11) is -4.60. The second kappa shape index (κ2) is 12.1. The lowest BCUT2D eigenvalue weighted by Crippen LogP contribution is -2.46. The molecule has 3 aromatic carbocycles. The van der Waals surface area contributed by atoms with Gasteiger partial charge in [0.1, 0.15) is 17.2 Å². The molecule has 1 heterocycles. The van der Waals surface area contributed by atoms with Gasteiger partial charge in [-0.25, -0.2) is 16.8 Å². The number of likely N-dealkylation sites (N-methyl/N-ethyl adjacent to an activating group) is 1.